The SMILES string of the molecule is O=c1c2ccc(N3CCN(CC4(O)CCOC4)CC3)cc2ncn1CC1CC1. The summed E-state index contributed by atoms with van der Waals surface area (Å²) in [6, 6.07) is 6.00. The lowest BCUT2D eigenvalue weighted by Crippen LogP contribution is -2.52. The van der Waals surface area contributed by atoms with Crippen molar-refractivity contribution in [1.29, 1.82) is 0 Å². The van der Waals surface area contributed by atoms with E-state index in [9.17, 15) is 9.90 Å². The van der Waals surface area contributed by atoms with Crippen molar-refractivity contribution in [1.82, 2.24) is 14.5 Å². The van der Waals surface area contributed by atoms with Crippen LogP contribution in [-0.4, -0.2) is 71.1 Å². The molecule has 0 spiro atoms. The highest BCUT2D eigenvalue weighted by Gasteiger charge is 2.35. The lowest BCUT2D eigenvalue weighted by Gasteiger charge is -2.38. The third-order valence-corrected chi connectivity index (χ3v) is 6.30. The van der Waals surface area contributed by atoms with Gasteiger partial charge in [0.15, 0.2) is 0 Å². The van der Waals surface area contributed by atoms with Gasteiger partial charge in [-0.15, -0.1) is 0 Å². The topological polar surface area (TPSA) is 70.8 Å². The zero-order valence-corrected chi connectivity index (χ0v) is 16.2. The van der Waals surface area contributed by atoms with Crippen LogP contribution in [0.4, 0.5) is 5.69 Å². The lowest BCUT2D eigenvalue weighted by atomic mass is 10.0. The highest BCUT2D eigenvalue weighted by Crippen LogP contribution is 2.30. The van der Waals surface area contributed by atoms with Gasteiger partial charge in [0.25, 0.3) is 5.56 Å². The Morgan fingerprint density at radius 2 is 2.04 bits per heavy atom. The van der Waals surface area contributed by atoms with Gasteiger partial charge in [0, 0.05) is 58.0 Å². The Morgan fingerprint density at radius 1 is 1.21 bits per heavy atom. The second kappa shape index (κ2) is 7.13. The van der Waals surface area contributed by atoms with Crippen LogP contribution in [0.2, 0.25) is 0 Å². The Labute approximate surface area is 164 Å². The monoisotopic (exact) mass is 384 g/mol. The van der Waals surface area contributed by atoms with Gasteiger partial charge in [-0.05, 0) is 37.0 Å². The van der Waals surface area contributed by atoms with Gasteiger partial charge in [-0.1, -0.05) is 0 Å². The molecule has 2 saturated heterocycles. The molecule has 0 radical (unpaired) electrons. The third-order valence-electron chi connectivity index (χ3n) is 6.30. The first-order valence-electron chi connectivity index (χ1n) is 10.4. The maximum absolute atomic E-state index is 12.7. The Bertz CT molecular complexity index is 909. The predicted octanol–water partition coefficient (Wildman–Crippen LogP) is 1.08. The van der Waals surface area contributed by atoms with E-state index in [1.54, 1.807) is 10.9 Å². The molecule has 0 amide bonds. The third kappa shape index (κ3) is 3.66. The molecule has 7 nitrogen and oxygen atoms in total. The highest BCUT2D eigenvalue weighted by molar-refractivity contribution is 5.81. The number of nitrogens with zero attached hydrogens (tertiary/aromatic N) is 4. The van der Waals surface area contributed by atoms with Crippen molar-refractivity contribution in [2.24, 2.45) is 5.92 Å². The van der Waals surface area contributed by atoms with E-state index < -0.39 is 5.60 Å². The van der Waals surface area contributed by atoms with E-state index >= 15 is 0 Å². The van der Waals surface area contributed by atoms with E-state index in [0.29, 0.717) is 31.1 Å². The van der Waals surface area contributed by atoms with Crippen molar-refractivity contribution in [2.75, 3.05) is 50.8 Å². The summed E-state index contributed by atoms with van der Waals surface area (Å²) in [5.41, 5.74) is 1.27. The molecule has 0 bridgehead atoms. The summed E-state index contributed by atoms with van der Waals surface area (Å²) in [6.07, 6.45) is 4.87. The molecule has 1 atom stereocenters. The molecule has 2 aliphatic heterocycles. The Hall–Kier alpha value is -1.96. The number of benzene rings is 1. The number of aliphatic hydroxyl groups is 1. The summed E-state index contributed by atoms with van der Waals surface area (Å²) in [5.74, 6) is 0.654. The van der Waals surface area contributed by atoms with E-state index in [4.69, 9.17) is 4.74 Å². The first-order valence-corrected chi connectivity index (χ1v) is 10.4. The summed E-state index contributed by atoms with van der Waals surface area (Å²) in [5, 5.41) is 11.2. The van der Waals surface area contributed by atoms with Crippen LogP contribution in [0.1, 0.15) is 19.3 Å². The molecule has 1 saturated carbocycles. The van der Waals surface area contributed by atoms with E-state index in [0.717, 1.165) is 50.3 Å². The van der Waals surface area contributed by atoms with Crippen LogP contribution in [0, 0.1) is 5.92 Å². The fourth-order valence-corrected chi connectivity index (χ4v) is 4.35. The molecule has 1 unspecified atom stereocenters. The summed E-state index contributed by atoms with van der Waals surface area (Å²) in [6.45, 7) is 6.21. The van der Waals surface area contributed by atoms with E-state index in [2.05, 4.69) is 14.8 Å². The first kappa shape index (κ1) is 18.1. The van der Waals surface area contributed by atoms with Gasteiger partial charge in [-0.25, -0.2) is 4.98 Å². The number of hydrogen-bond donors (Lipinski definition) is 1. The number of aromatic nitrogens is 2. The van der Waals surface area contributed by atoms with Gasteiger partial charge in [0.1, 0.15) is 5.60 Å². The molecule has 1 aliphatic carbocycles. The van der Waals surface area contributed by atoms with Crippen LogP contribution < -0.4 is 10.5 Å². The molecular formula is C21H28N4O3. The molecule has 1 N–H and O–H groups in total. The average Bonchev–Trinajstić information content (AvgIpc) is 3.43. The summed E-state index contributed by atoms with van der Waals surface area (Å²) >= 11 is 0. The van der Waals surface area contributed by atoms with Crippen molar-refractivity contribution in [3.05, 3.63) is 34.9 Å². The zero-order chi connectivity index (χ0) is 19.1. The van der Waals surface area contributed by atoms with Crippen LogP contribution in [0.3, 0.4) is 0 Å². The Morgan fingerprint density at radius 3 is 2.75 bits per heavy atom. The summed E-state index contributed by atoms with van der Waals surface area (Å²) < 4.78 is 7.11. The normalized spacial score (nSPS) is 26.2. The van der Waals surface area contributed by atoms with Crippen molar-refractivity contribution in [3.8, 4) is 0 Å². The lowest BCUT2D eigenvalue weighted by molar-refractivity contribution is -0.00557. The summed E-state index contributed by atoms with van der Waals surface area (Å²) in [7, 11) is 0. The van der Waals surface area contributed by atoms with Crippen LogP contribution in [0.25, 0.3) is 10.9 Å². The standard InChI is InChI=1S/C21H28N4O3/c26-20-18-4-3-17(11-19(18)22-15-25(20)12-16-1-2-16)24-8-6-23(7-9-24)13-21(27)5-10-28-14-21/h3-4,11,15-16,27H,1-2,5-10,12-14H2. The number of piperazine rings is 1. The van der Waals surface area contributed by atoms with Gasteiger partial charge < -0.3 is 14.7 Å². The summed E-state index contributed by atoms with van der Waals surface area (Å²) in [4.78, 5) is 21.9. The molecule has 2 aromatic rings. The molecule has 3 heterocycles. The highest BCUT2D eigenvalue weighted by atomic mass is 16.5. The number of ether oxygens (including phenoxy) is 1. The molecule has 150 valence electrons. The van der Waals surface area contributed by atoms with Crippen molar-refractivity contribution in [3.63, 3.8) is 0 Å². The fraction of sp³-hybridized carbons (Fsp3) is 0.619. The Kier molecular flexibility index (Phi) is 4.61. The minimum absolute atomic E-state index is 0.0697. The van der Waals surface area contributed by atoms with Gasteiger partial charge in [-0.3, -0.25) is 14.3 Å². The maximum Gasteiger partial charge on any atom is 0.261 e. The van der Waals surface area contributed by atoms with Crippen LogP contribution in [0.15, 0.2) is 29.3 Å². The number of β-amino-alcohol motifs (C(OH)–C–C–N with tert-alkyl or cyclic N) is 1. The van der Waals surface area contributed by atoms with Crippen LogP contribution in [-0.2, 0) is 11.3 Å². The minimum atomic E-state index is -0.685. The van der Waals surface area contributed by atoms with Crippen LogP contribution in [0.5, 0.6) is 0 Å². The van der Waals surface area contributed by atoms with Gasteiger partial charge in [0.05, 0.1) is 23.8 Å². The maximum atomic E-state index is 12.7. The quantitative estimate of drug-likeness (QED) is 0.832. The smallest absolute Gasteiger partial charge is 0.261 e. The average molecular weight is 384 g/mol. The molecule has 3 fully saturated rings. The predicted molar refractivity (Wildman–Crippen MR) is 108 cm³/mol. The molecular weight excluding hydrogens is 356 g/mol. The molecule has 5 rings (SSSR count). The number of anilines is 1. The van der Waals surface area contributed by atoms with Gasteiger partial charge in [-0.2, -0.15) is 0 Å². The van der Waals surface area contributed by atoms with E-state index in [-0.39, 0.29) is 5.56 Å². The molecule has 7 heteroatoms. The molecule has 28 heavy (non-hydrogen) atoms. The van der Waals surface area contributed by atoms with Crippen molar-refractivity contribution in [2.45, 2.75) is 31.4 Å². The Balaban J connectivity index is 1.27. The first-order chi connectivity index (χ1) is 13.6. The van der Waals surface area contributed by atoms with E-state index in [1.807, 2.05) is 18.2 Å². The second-order valence-electron chi connectivity index (χ2n) is 8.64. The number of rotatable bonds is 5. The molecule has 3 aliphatic rings. The van der Waals surface area contributed by atoms with Crippen LogP contribution >= 0.6 is 0 Å². The van der Waals surface area contributed by atoms with Gasteiger partial charge in [0.2, 0.25) is 0 Å². The minimum Gasteiger partial charge on any atom is -0.386 e. The number of fused-ring (bicyclic) bond motifs is 1. The number of hydrogen-bond acceptors (Lipinski definition) is 6. The zero-order valence-electron chi connectivity index (χ0n) is 16.2. The van der Waals surface area contributed by atoms with Crippen molar-refractivity contribution >= 4 is 16.6 Å². The largest absolute Gasteiger partial charge is 0.386 e. The second-order valence-corrected chi connectivity index (χ2v) is 8.64. The van der Waals surface area contributed by atoms with E-state index in [1.165, 1.54) is 12.8 Å². The van der Waals surface area contributed by atoms with Gasteiger partial charge >= 0.3 is 0 Å². The van der Waals surface area contributed by atoms with Crippen molar-refractivity contribution < 1.29 is 9.84 Å². The molecule has 1 aromatic heterocycles. The molecule has 1 aromatic carbocycles. The fourth-order valence-electron chi connectivity index (χ4n) is 4.35.